The van der Waals surface area contributed by atoms with Crippen molar-refractivity contribution in [1.82, 2.24) is 14.9 Å². The van der Waals surface area contributed by atoms with Crippen LogP contribution in [0.4, 0.5) is 10.6 Å². The van der Waals surface area contributed by atoms with Crippen LogP contribution in [0.25, 0.3) is 0 Å². The van der Waals surface area contributed by atoms with Gasteiger partial charge in [-0.25, -0.2) is 9.78 Å². The SMILES string of the molecule is Cc1cnc(C)c(N2CCC3(CCN(C(=O)OC(C)(C)C)C3)C2)n1. The van der Waals surface area contributed by atoms with E-state index in [1.807, 2.05) is 45.7 Å². The molecule has 3 heterocycles. The van der Waals surface area contributed by atoms with E-state index in [9.17, 15) is 4.79 Å². The van der Waals surface area contributed by atoms with Crippen molar-refractivity contribution in [1.29, 1.82) is 0 Å². The van der Waals surface area contributed by atoms with Gasteiger partial charge in [0.05, 0.1) is 11.4 Å². The molecule has 2 aliphatic heterocycles. The number of carbonyl (C=O) groups is 1. The summed E-state index contributed by atoms with van der Waals surface area (Å²) in [6.07, 6.45) is 3.73. The maximum atomic E-state index is 12.3. The standard InChI is InChI=1S/C18H28N4O2/c1-13-10-19-14(2)15(20-13)21-8-6-18(11-21)7-9-22(12-18)16(23)24-17(3,4)5/h10H,6-9,11-12H2,1-5H3. The normalized spacial score (nSPS) is 24.0. The van der Waals surface area contributed by atoms with Crippen LogP contribution >= 0.6 is 0 Å². The first-order valence-corrected chi connectivity index (χ1v) is 8.71. The topological polar surface area (TPSA) is 58.6 Å². The third-order valence-corrected chi connectivity index (χ3v) is 4.88. The summed E-state index contributed by atoms with van der Waals surface area (Å²) in [6.45, 7) is 13.2. The van der Waals surface area contributed by atoms with Gasteiger partial charge in [-0.3, -0.25) is 4.98 Å². The molecule has 0 bridgehead atoms. The fourth-order valence-corrected chi connectivity index (χ4v) is 3.69. The molecular formula is C18H28N4O2. The Labute approximate surface area is 144 Å². The molecule has 1 unspecified atom stereocenters. The molecule has 0 N–H and O–H groups in total. The molecule has 0 radical (unpaired) electrons. The van der Waals surface area contributed by atoms with Crippen LogP contribution in [0.1, 0.15) is 45.0 Å². The first-order valence-electron chi connectivity index (χ1n) is 8.71. The minimum atomic E-state index is -0.442. The third kappa shape index (κ3) is 3.47. The molecule has 1 atom stereocenters. The fraction of sp³-hybridized carbons (Fsp3) is 0.722. The largest absolute Gasteiger partial charge is 0.444 e. The van der Waals surface area contributed by atoms with Gasteiger partial charge in [-0.1, -0.05) is 0 Å². The average molecular weight is 332 g/mol. The Morgan fingerprint density at radius 1 is 1.21 bits per heavy atom. The summed E-state index contributed by atoms with van der Waals surface area (Å²) in [6, 6.07) is 0. The van der Waals surface area contributed by atoms with Gasteiger partial charge < -0.3 is 14.5 Å². The molecule has 1 amide bonds. The van der Waals surface area contributed by atoms with Crippen LogP contribution < -0.4 is 4.90 Å². The molecule has 2 aliphatic rings. The maximum Gasteiger partial charge on any atom is 0.410 e. The fourth-order valence-electron chi connectivity index (χ4n) is 3.69. The van der Waals surface area contributed by atoms with Gasteiger partial charge in [-0.05, 0) is 47.5 Å². The van der Waals surface area contributed by atoms with Gasteiger partial charge in [0.2, 0.25) is 0 Å². The quantitative estimate of drug-likeness (QED) is 0.791. The Morgan fingerprint density at radius 2 is 1.92 bits per heavy atom. The Kier molecular flexibility index (Phi) is 4.18. The van der Waals surface area contributed by atoms with Crippen molar-refractivity contribution in [3.8, 4) is 0 Å². The molecule has 3 rings (SSSR count). The Balaban J connectivity index is 1.67. The van der Waals surface area contributed by atoms with Crippen molar-refractivity contribution in [3.05, 3.63) is 17.6 Å². The Morgan fingerprint density at radius 3 is 2.62 bits per heavy atom. The first-order chi connectivity index (χ1) is 11.2. The second-order valence-corrected chi connectivity index (χ2v) is 8.24. The number of aromatic nitrogens is 2. The van der Waals surface area contributed by atoms with E-state index >= 15 is 0 Å². The van der Waals surface area contributed by atoms with Gasteiger partial charge in [-0.2, -0.15) is 0 Å². The van der Waals surface area contributed by atoms with Gasteiger partial charge in [0.1, 0.15) is 11.4 Å². The van der Waals surface area contributed by atoms with Gasteiger partial charge >= 0.3 is 6.09 Å². The summed E-state index contributed by atoms with van der Waals surface area (Å²) in [5, 5.41) is 0. The summed E-state index contributed by atoms with van der Waals surface area (Å²) in [7, 11) is 0. The summed E-state index contributed by atoms with van der Waals surface area (Å²) in [5.41, 5.74) is 1.63. The van der Waals surface area contributed by atoms with E-state index in [0.29, 0.717) is 0 Å². The highest BCUT2D eigenvalue weighted by Gasteiger charge is 2.46. The minimum Gasteiger partial charge on any atom is -0.444 e. The zero-order valence-electron chi connectivity index (χ0n) is 15.4. The number of anilines is 1. The van der Waals surface area contributed by atoms with Crippen molar-refractivity contribution in [2.45, 2.75) is 53.1 Å². The summed E-state index contributed by atoms with van der Waals surface area (Å²) in [5.74, 6) is 0.989. The highest BCUT2D eigenvalue weighted by atomic mass is 16.6. The van der Waals surface area contributed by atoms with E-state index in [-0.39, 0.29) is 11.5 Å². The van der Waals surface area contributed by atoms with Gasteiger partial charge in [0.25, 0.3) is 0 Å². The van der Waals surface area contributed by atoms with Crippen LogP contribution in [0, 0.1) is 19.3 Å². The Bertz CT molecular complexity index is 640. The number of ether oxygens (including phenoxy) is 1. The van der Waals surface area contributed by atoms with Crippen LogP contribution in [-0.2, 0) is 4.74 Å². The number of rotatable bonds is 1. The number of hydrogen-bond acceptors (Lipinski definition) is 5. The van der Waals surface area contributed by atoms with E-state index < -0.39 is 5.60 Å². The number of likely N-dealkylation sites (tertiary alicyclic amines) is 1. The van der Waals surface area contributed by atoms with E-state index in [4.69, 9.17) is 4.74 Å². The molecular weight excluding hydrogens is 304 g/mol. The predicted molar refractivity (Wildman–Crippen MR) is 93.2 cm³/mol. The molecule has 1 spiro atoms. The molecule has 0 aromatic carbocycles. The van der Waals surface area contributed by atoms with Crippen molar-refractivity contribution in [3.63, 3.8) is 0 Å². The van der Waals surface area contributed by atoms with E-state index in [1.54, 1.807) is 0 Å². The Hall–Kier alpha value is -1.85. The smallest absolute Gasteiger partial charge is 0.410 e. The maximum absolute atomic E-state index is 12.3. The summed E-state index contributed by atoms with van der Waals surface area (Å²) >= 11 is 0. The highest BCUT2D eigenvalue weighted by molar-refractivity contribution is 5.68. The molecule has 1 aromatic rings. The van der Waals surface area contributed by atoms with E-state index in [1.165, 1.54) is 0 Å². The second-order valence-electron chi connectivity index (χ2n) is 8.24. The van der Waals surface area contributed by atoms with Crippen molar-refractivity contribution in [2.24, 2.45) is 5.41 Å². The molecule has 0 aliphatic carbocycles. The van der Waals surface area contributed by atoms with Crippen molar-refractivity contribution in [2.75, 3.05) is 31.1 Å². The lowest BCUT2D eigenvalue weighted by molar-refractivity contribution is 0.0276. The van der Waals surface area contributed by atoms with Crippen LogP contribution in [0.15, 0.2) is 6.20 Å². The molecule has 2 saturated heterocycles. The molecule has 6 heteroatoms. The molecule has 24 heavy (non-hydrogen) atoms. The lowest BCUT2D eigenvalue weighted by Gasteiger charge is -2.27. The lowest BCUT2D eigenvalue weighted by Crippen LogP contribution is -2.37. The number of aryl methyl sites for hydroxylation is 2. The van der Waals surface area contributed by atoms with Crippen LogP contribution in [0.2, 0.25) is 0 Å². The summed E-state index contributed by atoms with van der Waals surface area (Å²) < 4.78 is 5.52. The third-order valence-electron chi connectivity index (χ3n) is 4.88. The average Bonchev–Trinajstić information content (AvgIpc) is 3.08. The van der Waals surface area contributed by atoms with Crippen LogP contribution in [-0.4, -0.2) is 52.7 Å². The molecule has 132 valence electrons. The van der Waals surface area contributed by atoms with Gasteiger partial charge in [-0.15, -0.1) is 0 Å². The highest BCUT2D eigenvalue weighted by Crippen LogP contribution is 2.41. The van der Waals surface area contributed by atoms with Crippen LogP contribution in [0.5, 0.6) is 0 Å². The zero-order valence-corrected chi connectivity index (χ0v) is 15.4. The number of nitrogens with zero attached hydrogens (tertiary/aromatic N) is 4. The van der Waals surface area contributed by atoms with E-state index in [2.05, 4.69) is 14.9 Å². The van der Waals surface area contributed by atoms with Gasteiger partial charge in [0, 0.05) is 37.8 Å². The number of carbonyl (C=O) groups excluding carboxylic acids is 1. The van der Waals surface area contributed by atoms with Gasteiger partial charge in [0.15, 0.2) is 0 Å². The van der Waals surface area contributed by atoms with Crippen molar-refractivity contribution < 1.29 is 9.53 Å². The minimum absolute atomic E-state index is 0.161. The second kappa shape index (κ2) is 5.90. The zero-order chi connectivity index (χ0) is 17.5. The molecule has 0 saturated carbocycles. The number of hydrogen-bond donors (Lipinski definition) is 0. The van der Waals surface area contributed by atoms with Crippen molar-refractivity contribution >= 4 is 11.9 Å². The number of amides is 1. The molecule has 1 aromatic heterocycles. The first kappa shape index (κ1) is 17.0. The monoisotopic (exact) mass is 332 g/mol. The summed E-state index contributed by atoms with van der Waals surface area (Å²) in [4.78, 5) is 25.6. The lowest BCUT2D eigenvalue weighted by atomic mass is 9.86. The van der Waals surface area contributed by atoms with Crippen LogP contribution in [0.3, 0.4) is 0 Å². The van der Waals surface area contributed by atoms with E-state index in [0.717, 1.165) is 56.2 Å². The molecule has 6 nitrogen and oxygen atoms in total. The molecule has 2 fully saturated rings. The predicted octanol–water partition coefficient (Wildman–Crippen LogP) is 2.93.